The van der Waals surface area contributed by atoms with Gasteiger partial charge in [-0.15, -0.1) is 10.2 Å². The molecule has 4 heteroatoms. The van der Waals surface area contributed by atoms with Crippen molar-refractivity contribution in [3.63, 3.8) is 0 Å². The van der Waals surface area contributed by atoms with Crippen molar-refractivity contribution in [3.8, 4) is 11.5 Å². The van der Waals surface area contributed by atoms with Gasteiger partial charge in [0.25, 0.3) is 0 Å². The Hall–Kier alpha value is -1.68. The standard InChI is InChI=1S/C16H21N3O/c1-13-8-4-5-9-14(13)16-18-17-15(20-16)12-19-10-6-2-3-7-11-19/h4-5,8-9H,2-3,6-7,10-12H2,1H3. The predicted octanol–water partition coefficient (Wildman–Crippen LogP) is 3.42. The van der Waals surface area contributed by atoms with E-state index in [2.05, 4.69) is 28.1 Å². The molecular formula is C16H21N3O. The van der Waals surface area contributed by atoms with Gasteiger partial charge in [0.2, 0.25) is 11.8 Å². The molecule has 0 bridgehead atoms. The zero-order chi connectivity index (χ0) is 13.8. The molecule has 2 heterocycles. The van der Waals surface area contributed by atoms with Gasteiger partial charge >= 0.3 is 0 Å². The minimum atomic E-state index is 0.632. The molecular weight excluding hydrogens is 250 g/mol. The number of hydrogen-bond donors (Lipinski definition) is 0. The van der Waals surface area contributed by atoms with E-state index in [0.29, 0.717) is 5.89 Å². The zero-order valence-corrected chi connectivity index (χ0v) is 12.0. The second kappa shape index (κ2) is 6.18. The Labute approximate surface area is 119 Å². The van der Waals surface area contributed by atoms with Crippen LogP contribution in [0.4, 0.5) is 0 Å². The molecule has 1 aromatic heterocycles. The number of aryl methyl sites for hydroxylation is 1. The summed E-state index contributed by atoms with van der Waals surface area (Å²) in [7, 11) is 0. The largest absolute Gasteiger partial charge is 0.419 e. The molecule has 1 aromatic carbocycles. The highest BCUT2D eigenvalue weighted by atomic mass is 16.4. The molecule has 0 saturated carbocycles. The lowest BCUT2D eigenvalue weighted by Gasteiger charge is -2.16. The van der Waals surface area contributed by atoms with Gasteiger partial charge in [-0.1, -0.05) is 31.0 Å². The molecule has 1 saturated heterocycles. The molecule has 20 heavy (non-hydrogen) atoms. The maximum Gasteiger partial charge on any atom is 0.248 e. The number of likely N-dealkylation sites (tertiary alicyclic amines) is 1. The van der Waals surface area contributed by atoms with Gasteiger partial charge in [0, 0.05) is 5.56 Å². The van der Waals surface area contributed by atoms with E-state index in [1.807, 2.05) is 18.2 Å². The Morgan fingerprint density at radius 2 is 1.80 bits per heavy atom. The topological polar surface area (TPSA) is 42.2 Å². The second-order valence-electron chi connectivity index (χ2n) is 5.51. The van der Waals surface area contributed by atoms with Crippen LogP contribution in [0.5, 0.6) is 0 Å². The molecule has 0 N–H and O–H groups in total. The SMILES string of the molecule is Cc1ccccc1-c1nnc(CN2CCCCCC2)o1. The molecule has 106 valence electrons. The van der Waals surface area contributed by atoms with E-state index in [0.717, 1.165) is 36.7 Å². The fourth-order valence-corrected chi connectivity index (χ4v) is 2.72. The smallest absolute Gasteiger partial charge is 0.248 e. The number of aromatic nitrogens is 2. The summed E-state index contributed by atoms with van der Waals surface area (Å²) in [5, 5.41) is 8.39. The Morgan fingerprint density at radius 3 is 2.55 bits per heavy atom. The third-order valence-electron chi connectivity index (χ3n) is 3.90. The summed E-state index contributed by atoms with van der Waals surface area (Å²) in [5.41, 5.74) is 2.19. The minimum absolute atomic E-state index is 0.632. The van der Waals surface area contributed by atoms with Crippen LogP contribution < -0.4 is 0 Å². The van der Waals surface area contributed by atoms with E-state index in [9.17, 15) is 0 Å². The van der Waals surface area contributed by atoms with Gasteiger partial charge < -0.3 is 4.42 Å². The summed E-state index contributed by atoms with van der Waals surface area (Å²) in [5.74, 6) is 1.36. The van der Waals surface area contributed by atoms with E-state index in [1.165, 1.54) is 25.7 Å². The summed E-state index contributed by atoms with van der Waals surface area (Å²) in [6.45, 7) is 5.12. The highest BCUT2D eigenvalue weighted by Gasteiger charge is 2.15. The van der Waals surface area contributed by atoms with E-state index in [-0.39, 0.29) is 0 Å². The Balaban J connectivity index is 1.72. The van der Waals surface area contributed by atoms with Gasteiger partial charge in [0.1, 0.15) is 0 Å². The van der Waals surface area contributed by atoms with Gasteiger partial charge in [-0.3, -0.25) is 4.90 Å². The van der Waals surface area contributed by atoms with Crippen molar-refractivity contribution in [1.29, 1.82) is 0 Å². The van der Waals surface area contributed by atoms with Gasteiger partial charge in [-0.05, 0) is 44.5 Å². The third-order valence-corrected chi connectivity index (χ3v) is 3.90. The van der Waals surface area contributed by atoms with Gasteiger partial charge in [0.15, 0.2) is 0 Å². The quantitative estimate of drug-likeness (QED) is 0.857. The van der Waals surface area contributed by atoms with E-state index >= 15 is 0 Å². The monoisotopic (exact) mass is 271 g/mol. The first-order chi connectivity index (χ1) is 9.83. The molecule has 0 radical (unpaired) electrons. The Morgan fingerprint density at radius 1 is 1.05 bits per heavy atom. The van der Waals surface area contributed by atoms with Crippen molar-refractivity contribution in [2.45, 2.75) is 39.2 Å². The molecule has 0 unspecified atom stereocenters. The van der Waals surface area contributed by atoms with Gasteiger partial charge in [0.05, 0.1) is 6.54 Å². The van der Waals surface area contributed by atoms with E-state index < -0.39 is 0 Å². The van der Waals surface area contributed by atoms with Crippen LogP contribution in [-0.2, 0) is 6.54 Å². The fourth-order valence-electron chi connectivity index (χ4n) is 2.72. The first-order valence-corrected chi connectivity index (χ1v) is 7.44. The summed E-state index contributed by atoms with van der Waals surface area (Å²) < 4.78 is 5.83. The summed E-state index contributed by atoms with van der Waals surface area (Å²) >= 11 is 0. The fraction of sp³-hybridized carbons (Fsp3) is 0.500. The maximum atomic E-state index is 5.83. The van der Waals surface area contributed by atoms with Crippen molar-refractivity contribution in [3.05, 3.63) is 35.7 Å². The second-order valence-corrected chi connectivity index (χ2v) is 5.51. The number of rotatable bonds is 3. The molecule has 1 aliphatic heterocycles. The van der Waals surface area contributed by atoms with Gasteiger partial charge in [-0.2, -0.15) is 0 Å². The maximum absolute atomic E-state index is 5.83. The Kier molecular flexibility index (Phi) is 4.11. The first-order valence-electron chi connectivity index (χ1n) is 7.44. The van der Waals surface area contributed by atoms with E-state index in [1.54, 1.807) is 0 Å². The summed E-state index contributed by atoms with van der Waals surface area (Å²) in [6, 6.07) is 8.11. The highest BCUT2D eigenvalue weighted by Crippen LogP contribution is 2.22. The Bertz CT molecular complexity index is 556. The molecule has 1 fully saturated rings. The first kappa shape index (κ1) is 13.3. The third kappa shape index (κ3) is 3.07. The number of benzene rings is 1. The molecule has 0 spiro atoms. The van der Waals surface area contributed by atoms with Crippen LogP contribution in [0.15, 0.2) is 28.7 Å². The molecule has 4 nitrogen and oxygen atoms in total. The molecule has 2 aromatic rings. The summed E-state index contributed by atoms with van der Waals surface area (Å²) in [4.78, 5) is 2.42. The lowest BCUT2D eigenvalue weighted by molar-refractivity contribution is 0.249. The van der Waals surface area contributed by atoms with Crippen molar-refractivity contribution in [1.82, 2.24) is 15.1 Å². The predicted molar refractivity (Wildman–Crippen MR) is 78.2 cm³/mol. The molecule has 1 aliphatic rings. The zero-order valence-electron chi connectivity index (χ0n) is 12.0. The molecule has 3 rings (SSSR count). The molecule has 0 aliphatic carbocycles. The van der Waals surface area contributed by atoms with Gasteiger partial charge in [-0.25, -0.2) is 0 Å². The van der Waals surface area contributed by atoms with Crippen molar-refractivity contribution >= 4 is 0 Å². The van der Waals surface area contributed by atoms with Crippen LogP contribution in [0.3, 0.4) is 0 Å². The molecule has 0 atom stereocenters. The molecule has 0 amide bonds. The van der Waals surface area contributed by atoms with Crippen molar-refractivity contribution in [2.24, 2.45) is 0 Å². The normalized spacial score (nSPS) is 17.1. The average molecular weight is 271 g/mol. The lowest BCUT2D eigenvalue weighted by atomic mass is 10.1. The van der Waals surface area contributed by atoms with Crippen LogP contribution in [0.2, 0.25) is 0 Å². The van der Waals surface area contributed by atoms with Crippen molar-refractivity contribution in [2.75, 3.05) is 13.1 Å². The van der Waals surface area contributed by atoms with Crippen LogP contribution in [0, 0.1) is 6.92 Å². The highest BCUT2D eigenvalue weighted by molar-refractivity contribution is 5.57. The van der Waals surface area contributed by atoms with Crippen molar-refractivity contribution < 1.29 is 4.42 Å². The lowest BCUT2D eigenvalue weighted by Crippen LogP contribution is -2.24. The van der Waals surface area contributed by atoms with Crippen LogP contribution in [0.25, 0.3) is 11.5 Å². The van der Waals surface area contributed by atoms with Crippen LogP contribution >= 0.6 is 0 Å². The number of hydrogen-bond acceptors (Lipinski definition) is 4. The minimum Gasteiger partial charge on any atom is -0.419 e. The number of nitrogens with zero attached hydrogens (tertiary/aromatic N) is 3. The summed E-state index contributed by atoms with van der Waals surface area (Å²) in [6.07, 6.45) is 5.24. The van der Waals surface area contributed by atoms with E-state index in [4.69, 9.17) is 4.42 Å². The van der Waals surface area contributed by atoms with Crippen LogP contribution in [0.1, 0.15) is 37.1 Å². The average Bonchev–Trinajstić information content (AvgIpc) is 2.75. The van der Waals surface area contributed by atoms with Crippen LogP contribution in [-0.4, -0.2) is 28.2 Å².